The molecule has 1 aromatic carbocycles. The van der Waals surface area contributed by atoms with Crippen LogP contribution in [-0.4, -0.2) is 56.1 Å². The number of sulfonamides is 1. The van der Waals surface area contributed by atoms with Gasteiger partial charge in [0.25, 0.3) is 0 Å². The fourth-order valence-corrected chi connectivity index (χ4v) is 6.35. The summed E-state index contributed by atoms with van der Waals surface area (Å²) in [5, 5.41) is 2.90. The minimum Gasteiger partial charge on any atom is -0.462 e. The number of ether oxygens (including phenoxy) is 3. The second-order valence-corrected chi connectivity index (χ2v) is 10.3. The number of hydrogen-bond donors (Lipinski definition) is 2. The third-order valence-corrected chi connectivity index (χ3v) is 8.09. The molecule has 2 N–H and O–H groups in total. The van der Waals surface area contributed by atoms with Gasteiger partial charge in [0.05, 0.1) is 12.5 Å². The zero-order chi connectivity index (χ0) is 24.5. The van der Waals surface area contributed by atoms with E-state index in [1.165, 1.54) is 4.31 Å². The van der Waals surface area contributed by atoms with Gasteiger partial charge in [0.2, 0.25) is 22.7 Å². The minimum absolute atomic E-state index is 0.0220. The van der Waals surface area contributed by atoms with Crippen molar-refractivity contribution in [3.63, 3.8) is 0 Å². The molecule has 1 atom stereocenters. The molecule has 0 bridgehead atoms. The van der Waals surface area contributed by atoms with Crippen molar-refractivity contribution in [1.29, 1.82) is 0 Å². The van der Waals surface area contributed by atoms with E-state index in [9.17, 15) is 18.0 Å². The van der Waals surface area contributed by atoms with Crippen LogP contribution in [0.25, 0.3) is 0 Å². The van der Waals surface area contributed by atoms with Crippen LogP contribution < -0.4 is 14.8 Å². The van der Waals surface area contributed by atoms with Crippen LogP contribution in [-0.2, 0) is 26.1 Å². The third-order valence-electron chi connectivity index (χ3n) is 6.05. The lowest BCUT2D eigenvalue weighted by Crippen LogP contribution is -2.45. The van der Waals surface area contributed by atoms with Gasteiger partial charge < -0.3 is 24.5 Å². The van der Waals surface area contributed by atoms with Gasteiger partial charge in [-0.05, 0) is 51.3 Å². The fraction of sp³-hybridized carbons (Fsp3) is 0.478. The normalized spacial score (nSPS) is 18.0. The number of aryl methyl sites for hydroxylation is 2. The first-order chi connectivity index (χ1) is 16.2. The molecule has 0 spiro atoms. The van der Waals surface area contributed by atoms with Gasteiger partial charge >= 0.3 is 5.97 Å². The summed E-state index contributed by atoms with van der Waals surface area (Å²) in [4.78, 5) is 28.2. The molecule has 0 radical (unpaired) electrons. The Morgan fingerprint density at radius 1 is 1.21 bits per heavy atom. The molecule has 1 saturated heterocycles. The molecule has 1 aromatic heterocycles. The summed E-state index contributed by atoms with van der Waals surface area (Å²) in [5.41, 5.74) is 1.68. The molecule has 0 aliphatic carbocycles. The van der Waals surface area contributed by atoms with E-state index in [1.807, 2.05) is 12.1 Å². The lowest BCUT2D eigenvalue weighted by molar-refractivity contribution is -0.126. The smallest absolute Gasteiger partial charge is 0.341 e. The van der Waals surface area contributed by atoms with Crippen LogP contribution in [0.1, 0.15) is 47.1 Å². The molecule has 1 unspecified atom stereocenters. The molecule has 2 aromatic rings. The number of benzene rings is 1. The highest BCUT2D eigenvalue weighted by atomic mass is 32.2. The first kappa shape index (κ1) is 24.1. The molecule has 1 fully saturated rings. The van der Waals surface area contributed by atoms with Crippen molar-refractivity contribution in [2.75, 3.05) is 26.5 Å². The van der Waals surface area contributed by atoms with Crippen molar-refractivity contribution in [2.24, 2.45) is 5.92 Å². The highest BCUT2D eigenvalue weighted by molar-refractivity contribution is 7.89. The summed E-state index contributed by atoms with van der Waals surface area (Å²) in [7, 11) is -4.02. The van der Waals surface area contributed by atoms with Crippen LogP contribution in [0.4, 0.5) is 0 Å². The Morgan fingerprint density at radius 3 is 2.74 bits per heavy atom. The SMILES string of the molecule is CCOC(=O)c1c(C)[nH]c(C)c1S(=O)(=O)N1CCCC(C(=O)NCc2ccc3c(c2)OCO3)C1. The van der Waals surface area contributed by atoms with Gasteiger partial charge in [-0.2, -0.15) is 4.31 Å². The van der Waals surface area contributed by atoms with Crippen LogP contribution >= 0.6 is 0 Å². The Balaban J connectivity index is 1.47. The number of carbonyl (C=O) groups excluding carboxylic acids is 2. The van der Waals surface area contributed by atoms with Crippen molar-refractivity contribution in [2.45, 2.75) is 45.1 Å². The Morgan fingerprint density at radius 2 is 1.97 bits per heavy atom. The van der Waals surface area contributed by atoms with E-state index in [4.69, 9.17) is 14.2 Å². The van der Waals surface area contributed by atoms with Crippen molar-refractivity contribution in [1.82, 2.24) is 14.6 Å². The van der Waals surface area contributed by atoms with Crippen molar-refractivity contribution < 1.29 is 32.2 Å². The maximum atomic E-state index is 13.5. The topological polar surface area (TPSA) is 127 Å². The number of carbonyl (C=O) groups is 2. The quantitative estimate of drug-likeness (QED) is 0.569. The number of aromatic amines is 1. The maximum Gasteiger partial charge on any atom is 0.341 e. The largest absolute Gasteiger partial charge is 0.462 e. The lowest BCUT2D eigenvalue weighted by atomic mass is 9.98. The molecule has 3 heterocycles. The van der Waals surface area contributed by atoms with Gasteiger partial charge in [0.15, 0.2) is 11.5 Å². The van der Waals surface area contributed by atoms with Crippen LogP contribution in [0.3, 0.4) is 0 Å². The van der Waals surface area contributed by atoms with Gasteiger partial charge in [-0.3, -0.25) is 4.79 Å². The molecule has 10 nitrogen and oxygen atoms in total. The molecule has 11 heteroatoms. The first-order valence-electron chi connectivity index (χ1n) is 11.2. The molecule has 1 amide bonds. The molecule has 4 rings (SSSR count). The standard InChI is InChI=1S/C23H29N3O7S/c1-4-31-23(28)20-14(2)25-15(3)21(20)34(29,30)26-9-5-6-17(12-26)22(27)24-11-16-7-8-18-19(10-16)33-13-32-18/h7-8,10,17,25H,4-6,9,11-13H2,1-3H3,(H,24,27). The van der Waals surface area contributed by atoms with Gasteiger partial charge in [0.1, 0.15) is 10.5 Å². The van der Waals surface area contributed by atoms with Gasteiger partial charge in [0, 0.05) is 31.0 Å². The van der Waals surface area contributed by atoms with E-state index < -0.39 is 21.9 Å². The number of rotatable bonds is 7. The van der Waals surface area contributed by atoms with Gasteiger partial charge in [-0.15, -0.1) is 0 Å². The number of hydrogen-bond acceptors (Lipinski definition) is 7. The monoisotopic (exact) mass is 491 g/mol. The maximum absolute atomic E-state index is 13.5. The summed E-state index contributed by atoms with van der Waals surface area (Å²) < 4.78 is 44.1. The zero-order valence-electron chi connectivity index (χ0n) is 19.5. The van der Waals surface area contributed by atoms with Crippen LogP contribution in [0, 0.1) is 19.8 Å². The lowest BCUT2D eigenvalue weighted by Gasteiger charge is -2.31. The molecule has 2 aliphatic heterocycles. The molecular formula is C23H29N3O7S. The Hall–Kier alpha value is -3.05. The number of esters is 1. The number of nitrogens with zero attached hydrogens (tertiary/aromatic N) is 1. The Labute approximate surface area is 198 Å². The van der Waals surface area contributed by atoms with Crippen LogP contribution in [0.15, 0.2) is 23.1 Å². The summed E-state index contributed by atoms with van der Waals surface area (Å²) in [6, 6.07) is 5.45. The average molecular weight is 492 g/mol. The van der Waals surface area contributed by atoms with Crippen LogP contribution in [0.5, 0.6) is 11.5 Å². The van der Waals surface area contributed by atoms with Crippen molar-refractivity contribution >= 4 is 21.9 Å². The molecule has 34 heavy (non-hydrogen) atoms. The molecule has 184 valence electrons. The summed E-state index contributed by atoms with van der Waals surface area (Å²) >= 11 is 0. The van der Waals surface area contributed by atoms with E-state index in [2.05, 4.69) is 10.3 Å². The van der Waals surface area contributed by atoms with E-state index >= 15 is 0 Å². The van der Waals surface area contributed by atoms with Gasteiger partial charge in [-0.25, -0.2) is 13.2 Å². The minimum atomic E-state index is -4.02. The van der Waals surface area contributed by atoms with Crippen molar-refractivity contribution in [3.8, 4) is 11.5 Å². The molecular weight excluding hydrogens is 462 g/mol. The van der Waals surface area contributed by atoms with E-state index in [-0.39, 0.29) is 42.9 Å². The number of aromatic nitrogens is 1. The highest BCUT2D eigenvalue weighted by Crippen LogP contribution is 2.33. The zero-order valence-corrected chi connectivity index (χ0v) is 20.3. The number of fused-ring (bicyclic) bond motifs is 1. The number of amides is 1. The molecule has 0 saturated carbocycles. The van der Waals surface area contributed by atoms with Gasteiger partial charge in [-0.1, -0.05) is 6.07 Å². The summed E-state index contributed by atoms with van der Waals surface area (Å²) in [6.07, 6.45) is 1.12. The summed E-state index contributed by atoms with van der Waals surface area (Å²) in [5.74, 6) is -0.0936. The Bertz CT molecular complexity index is 1210. The number of nitrogens with one attached hydrogen (secondary N) is 2. The van der Waals surface area contributed by atoms with Crippen molar-refractivity contribution in [3.05, 3.63) is 40.7 Å². The van der Waals surface area contributed by atoms with E-state index in [0.29, 0.717) is 42.3 Å². The number of H-pyrrole nitrogens is 1. The van der Waals surface area contributed by atoms with E-state index in [1.54, 1.807) is 26.8 Å². The average Bonchev–Trinajstić information content (AvgIpc) is 3.40. The summed E-state index contributed by atoms with van der Waals surface area (Å²) in [6.45, 7) is 5.84. The predicted molar refractivity (Wildman–Crippen MR) is 122 cm³/mol. The fourth-order valence-electron chi connectivity index (χ4n) is 4.42. The Kier molecular flexibility index (Phi) is 6.85. The predicted octanol–water partition coefficient (Wildman–Crippen LogP) is 2.25. The second kappa shape index (κ2) is 9.67. The first-order valence-corrected chi connectivity index (χ1v) is 12.7. The van der Waals surface area contributed by atoms with Crippen LogP contribution in [0.2, 0.25) is 0 Å². The molecule has 2 aliphatic rings. The highest BCUT2D eigenvalue weighted by Gasteiger charge is 2.38. The third kappa shape index (κ3) is 4.62. The number of piperidine rings is 1. The second-order valence-electron chi connectivity index (χ2n) is 8.41. The van der Waals surface area contributed by atoms with E-state index in [0.717, 1.165) is 5.56 Å².